The molecular formula is C18H25NO4. The topological polar surface area (TPSA) is 55.8 Å². The van der Waals surface area contributed by atoms with Gasteiger partial charge in [0.25, 0.3) is 0 Å². The average molecular weight is 319 g/mol. The van der Waals surface area contributed by atoms with Gasteiger partial charge in [-0.2, -0.15) is 0 Å². The second kappa shape index (κ2) is 8.56. The highest BCUT2D eigenvalue weighted by atomic mass is 16.5. The monoisotopic (exact) mass is 319 g/mol. The molecule has 5 heteroatoms. The Morgan fingerprint density at radius 2 is 1.83 bits per heavy atom. The van der Waals surface area contributed by atoms with Gasteiger partial charge < -0.3 is 14.4 Å². The summed E-state index contributed by atoms with van der Waals surface area (Å²) < 4.78 is 10.4. The highest BCUT2D eigenvalue weighted by Gasteiger charge is 2.27. The van der Waals surface area contributed by atoms with Crippen LogP contribution in [0.3, 0.4) is 0 Å². The highest BCUT2D eigenvalue weighted by Crippen LogP contribution is 2.19. The van der Waals surface area contributed by atoms with Crippen LogP contribution in [0.5, 0.6) is 5.75 Å². The van der Waals surface area contributed by atoms with Gasteiger partial charge in [-0.05, 0) is 38.3 Å². The molecule has 1 amide bonds. The van der Waals surface area contributed by atoms with E-state index in [1.165, 1.54) is 12.7 Å². The van der Waals surface area contributed by atoms with Crippen molar-refractivity contribution in [3.8, 4) is 5.75 Å². The second-order valence-corrected chi connectivity index (χ2v) is 5.94. The number of hydrogen-bond donors (Lipinski definition) is 0. The summed E-state index contributed by atoms with van der Waals surface area (Å²) in [5, 5.41) is 0. The van der Waals surface area contributed by atoms with E-state index in [1.54, 1.807) is 0 Å². The van der Waals surface area contributed by atoms with Crippen molar-refractivity contribution in [2.24, 2.45) is 5.92 Å². The maximum Gasteiger partial charge on any atom is 0.308 e. The number of likely N-dealkylation sites (tertiary alicyclic amines) is 1. The van der Waals surface area contributed by atoms with Gasteiger partial charge in [0, 0.05) is 19.5 Å². The molecule has 0 N–H and O–H groups in total. The quantitative estimate of drug-likeness (QED) is 0.597. The molecular weight excluding hydrogens is 294 g/mol. The summed E-state index contributed by atoms with van der Waals surface area (Å²) in [5.74, 6) is 0.750. The molecule has 23 heavy (non-hydrogen) atoms. The summed E-state index contributed by atoms with van der Waals surface area (Å²) >= 11 is 0. The molecule has 1 saturated heterocycles. The van der Waals surface area contributed by atoms with Crippen molar-refractivity contribution in [1.29, 1.82) is 0 Å². The minimum atomic E-state index is -0.163. The van der Waals surface area contributed by atoms with E-state index >= 15 is 0 Å². The van der Waals surface area contributed by atoms with Crippen molar-refractivity contribution in [1.82, 2.24) is 4.90 Å². The Balaban J connectivity index is 1.64. The third kappa shape index (κ3) is 5.27. The van der Waals surface area contributed by atoms with Crippen molar-refractivity contribution in [3.05, 3.63) is 29.8 Å². The predicted molar refractivity (Wildman–Crippen MR) is 87.2 cm³/mol. The first kappa shape index (κ1) is 17.3. The van der Waals surface area contributed by atoms with E-state index in [9.17, 15) is 9.59 Å². The van der Waals surface area contributed by atoms with Crippen LogP contribution in [0.15, 0.2) is 24.3 Å². The van der Waals surface area contributed by atoms with Crippen molar-refractivity contribution >= 4 is 11.9 Å². The molecule has 0 radical (unpaired) electrons. The maximum atomic E-state index is 12.2. The average Bonchev–Trinajstić information content (AvgIpc) is 2.59. The van der Waals surface area contributed by atoms with E-state index in [2.05, 4.69) is 0 Å². The molecule has 1 aromatic rings. The van der Waals surface area contributed by atoms with Crippen LogP contribution in [-0.4, -0.2) is 43.6 Å². The van der Waals surface area contributed by atoms with Crippen LogP contribution in [0.2, 0.25) is 0 Å². The van der Waals surface area contributed by atoms with Gasteiger partial charge in [-0.15, -0.1) is 0 Å². The molecule has 1 heterocycles. The Hall–Kier alpha value is -2.04. The number of piperidine rings is 1. The Morgan fingerprint density at radius 3 is 2.43 bits per heavy atom. The fourth-order valence-electron chi connectivity index (χ4n) is 2.74. The van der Waals surface area contributed by atoms with Crippen molar-refractivity contribution in [2.75, 3.05) is 26.8 Å². The van der Waals surface area contributed by atoms with E-state index in [0.29, 0.717) is 45.4 Å². The Morgan fingerprint density at radius 1 is 1.17 bits per heavy atom. The van der Waals surface area contributed by atoms with E-state index in [4.69, 9.17) is 9.47 Å². The van der Waals surface area contributed by atoms with Crippen LogP contribution < -0.4 is 4.74 Å². The molecule has 1 fully saturated rings. The number of nitrogens with zero attached hydrogens (tertiary/aromatic N) is 1. The molecule has 0 atom stereocenters. The third-order valence-electron chi connectivity index (χ3n) is 4.21. The molecule has 126 valence electrons. The molecule has 1 aliphatic heterocycles. The zero-order chi connectivity index (χ0) is 16.7. The lowest BCUT2D eigenvalue weighted by Gasteiger charge is -2.30. The number of carbonyl (C=O) groups excluding carboxylic acids is 2. The molecule has 0 aliphatic carbocycles. The number of esters is 1. The number of carbonyl (C=O) groups is 2. The van der Waals surface area contributed by atoms with Gasteiger partial charge in [0.2, 0.25) is 5.91 Å². The molecule has 5 nitrogen and oxygen atoms in total. The van der Waals surface area contributed by atoms with Crippen LogP contribution in [0.25, 0.3) is 0 Å². The van der Waals surface area contributed by atoms with Crippen LogP contribution in [0.4, 0.5) is 0 Å². The SMILES string of the molecule is COC(=O)C1CCN(C(=O)CCCOc2ccc(C)cc2)CC1. The lowest BCUT2D eigenvalue weighted by atomic mass is 9.97. The first-order chi connectivity index (χ1) is 11.1. The number of amides is 1. The molecule has 0 unspecified atom stereocenters. The number of rotatable bonds is 6. The standard InChI is InChI=1S/C18H25NO4/c1-14-5-7-16(8-6-14)23-13-3-4-17(20)19-11-9-15(10-12-19)18(21)22-2/h5-8,15H,3-4,9-13H2,1-2H3. The molecule has 1 aliphatic rings. The van der Waals surface area contributed by atoms with Gasteiger partial charge in [0.05, 0.1) is 19.6 Å². The summed E-state index contributed by atoms with van der Waals surface area (Å²) in [7, 11) is 1.41. The van der Waals surface area contributed by atoms with Gasteiger partial charge in [-0.25, -0.2) is 0 Å². The van der Waals surface area contributed by atoms with Crippen LogP contribution in [0, 0.1) is 12.8 Å². The van der Waals surface area contributed by atoms with Gasteiger partial charge in [0.15, 0.2) is 0 Å². The summed E-state index contributed by atoms with van der Waals surface area (Å²) in [4.78, 5) is 25.5. The first-order valence-corrected chi connectivity index (χ1v) is 8.15. The minimum Gasteiger partial charge on any atom is -0.494 e. The summed E-state index contributed by atoms with van der Waals surface area (Å²) in [6.45, 7) is 3.84. The summed E-state index contributed by atoms with van der Waals surface area (Å²) in [5.41, 5.74) is 1.20. The fraction of sp³-hybridized carbons (Fsp3) is 0.556. The van der Waals surface area contributed by atoms with Crippen LogP contribution >= 0.6 is 0 Å². The van der Waals surface area contributed by atoms with Gasteiger partial charge in [-0.1, -0.05) is 17.7 Å². The van der Waals surface area contributed by atoms with Crippen molar-refractivity contribution in [3.63, 3.8) is 0 Å². The molecule has 0 saturated carbocycles. The first-order valence-electron chi connectivity index (χ1n) is 8.15. The normalized spacial score (nSPS) is 15.3. The number of methoxy groups -OCH3 is 1. The number of benzene rings is 1. The number of ether oxygens (including phenoxy) is 2. The summed E-state index contributed by atoms with van der Waals surface area (Å²) in [6, 6.07) is 7.89. The van der Waals surface area contributed by atoms with E-state index < -0.39 is 0 Å². The number of hydrogen-bond acceptors (Lipinski definition) is 4. The maximum absolute atomic E-state index is 12.2. The van der Waals surface area contributed by atoms with E-state index in [0.717, 1.165) is 5.75 Å². The highest BCUT2D eigenvalue weighted by molar-refractivity contribution is 5.77. The fourth-order valence-corrected chi connectivity index (χ4v) is 2.74. The van der Waals surface area contributed by atoms with Crippen molar-refractivity contribution in [2.45, 2.75) is 32.6 Å². The van der Waals surface area contributed by atoms with Gasteiger partial charge >= 0.3 is 5.97 Å². The van der Waals surface area contributed by atoms with Crippen molar-refractivity contribution < 1.29 is 19.1 Å². The Labute approximate surface area is 137 Å². The Kier molecular flexibility index (Phi) is 6.44. The molecule has 0 spiro atoms. The Bertz CT molecular complexity index is 518. The van der Waals surface area contributed by atoms with E-state index in [-0.39, 0.29) is 17.8 Å². The van der Waals surface area contributed by atoms with Gasteiger partial charge in [-0.3, -0.25) is 9.59 Å². The summed E-state index contributed by atoms with van der Waals surface area (Å²) in [6.07, 6.45) is 2.56. The smallest absolute Gasteiger partial charge is 0.308 e. The lowest BCUT2D eigenvalue weighted by Crippen LogP contribution is -2.40. The number of aryl methyl sites for hydroxylation is 1. The second-order valence-electron chi connectivity index (χ2n) is 5.94. The molecule has 1 aromatic carbocycles. The van der Waals surface area contributed by atoms with Crippen LogP contribution in [-0.2, 0) is 14.3 Å². The van der Waals surface area contributed by atoms with Gasteiger partial charge in [0.1, 0.15) is 5.75 Å². The zero-order valence-corrected chi connectivity index (χ0v) is 13.9. The van der Waals surface area contributed by atoms with E-state index in [1.807, 2.05) is 36.1 Å². The third-order valence-corrected chi connectivity index (χ3v) is 4.21. The zero-order valence-electron chi connectivity index (χ0n) is 13.9. The lowest BCUT2D eigenvalue weighted by molar-refractivity contribution is -0.148. The predicted octanol–water partition coefficient (Wildman–Crippen LogP) is 2.57. The molecule has 0 aromatic heterocycles. The molecule has 2 rings (SSSR count). The minimum absolute atomic E-state index is 0.0612. The largest absolute Gasteiger partial charge is 0.494 e. The molecule has 0 bridgehead atoms. The van der Waals surface area contributed by atoms with Crippen LogP contribution in [0.1, 0.15) is 31.2 Å².